The van der Waals surface area contributed by atoms with Gasteiger partial charge in [-0.05, 0) is 26.7 Å². The van der Waals surface area contributed by atoms with Crippen LogP contribution in [-0.2, 0) is 10.0 Å². The third kappa shape index (κ3) is 8.05. The number of nitrogens with zero attached hydrogens (tertiary/aromatic N) is 2. The Hall–Kier alpha value is -0.820. The normalized spacial score (nSPS) is 12.8. The van der Waals surface area contributed by atoms with Crippen molar-refractivity contribution in [3.63, 3.8) is 0 Å². The lowest BCUT2D eigenvalue weighted by atomic mass is 10.4. The van der Waals surface area contributed by atoms with Gasteiger partial charge in [0.05, 0.1) is 5.75 Å². The van der Waals surface area contributed by atoms with Gasteiger partial charge in [0.2, 0.25) is 10.0 Å². The van der Waals surface area contributed by atoms with E-state index in [1.165, 1.54) is 4.31 Å². The van der Waals surface area contributed by atoms with Crippen molar-refractivity contribution in [3.05, 3.63) is 0 Å². The first kappa shape index (κ1) is 18.2. The van der Waals surface area contributed by atoms with Crippen molar-refractivity contribution >= 4 is 16.0 Å². The Morgan fingerprint density at radius 2 is 1.89 bits per heavy atom. The molecular formula is C12H28N4O2S. The van der Waals surface area contributed by atoms with Gasteiger partial charge in [0, 0.05) is 33.2 Å². The molecule has 0 aliphatic rings. The lowest BCUT2D eigenvalue weighted by molar-refractivity contribution is 0.461. The number of guanidine groups is 1. The molecule has 0 aromatic heterocycles. The highest BCUT2D eigenvalue weighted by Crippen LogP contribution is 1.98. The molecule has 0 radical (unpaired) electrons. The van der Waals surface area contributed by atoms with Gasteiger partial charge in [-0.1, -0.05) is 6.92 Å². The number of aliphatic imine (C=N–C) groups is 1. The van der Waals surface area contributed by atoms with Crippen LogP contribution >= 0.6 is 0 Å². The van der Waals surface area contributed by atoms with Crippen molar-refractivity contribution in [2.75, 3.05) is 39.0 Å². The average Bonchev–Trinajstić information content (AvgIpc) is 2.40. The van der Waals surface area contributed by atoms with Gasteiger partial charge >= 0.3 is 0 Å². The van der Waals surface area contributed by atoms with Crippen LogP contribution in [0.25, 0.3) is 0 Å². The Labute approximate surface area is 117 Å². The molecule has 0 rings (SSSR count). The highest BCUT2D eigenvalue weighted by atomic mass is 32.2. The minimum absolute atomic E-state index is 0.150. The zero-order valence-electron chi connectivity index (χ0n) is 12.6. The first-order chi connectivity index (χ1) is 8.97. The van der Waals surface area contributed by atoms with E-state index in [9.17, 15) is 8.42 Å². The zero-order chi connectivity index (χ0) is 14.7. The maximum absolute atomic E-state index is 11.5. The largest absolute Gasteiger partial charge is 0.357 e. The first-order valence-corrected chi connectivity index (χ1v) is 8.55. The fourth-order valence-electron chi connectivity index (χ4n) is 1.43. The summed E-state index contributed by atoms with van der Waals surface area (Å²) in [4.78, 5) is 4.38. The topological polar surface area (TPSA) is 73.8 Å². The Bertz CT molecular complexity index is 355. The second-order valence-corrected chi connectivity index (χ2v) is 6.63. The molecule has 0 amide bonds. The van der Waals surface area contributed by atoms with Gasteiger partial charge in [-0.2, -0.15) is 0 Å². The number of hydrogen-bond donors (Lipinski definition) is 2. The predicted octanol–water partition coefficient (Wildman–Crippen LogP) is 0.623. The molecule has 0 aromatic carbocycles. The van der Waals surface area contributed by atoms with E-state index in [2.05, 4.69) is 22.5 Å². The van der Waals surface area contributed by atoms with Gasteiger partial charge in [-0.3, -0.25) is 4.99 Å². The maximum Gasteiger partial charge on any atom is 0.213 e. The van der Waals surface area contributed by atoms with Crippen molar-refractivity contribution in [1.82, 2.24) is 14.9 Å². The van der Waals surface area contributed by atoms with E-state index in [-0.39, 0.29) is 5.75 Å². The Kier molecular flexibility index (Phi) is 9.59. The number of hydrogen-bond acceptors (Lipinski definition) is 3. The van der Waals surface area contributed by atoms with E-state index >= 15 is 0 Å². The maximum atomic E-state index is 11.5. The van der Waals surface area contributed by atoms with Gasteiger partial charge in [-0.25, -0.2) is 12.7 Å². The fourth-order valence-corrected chi connectivity index (χ4v) is 2.28. The average molecular weight is 292 g/mol. The lowest BCUT2D eigenvalue weighted by Gasteiger charge is -2.16. The lowest BCUT2D eigenvalue weighted by Crippen LogP contribution is -2.39. The summed E-state index contributed by atoms with van der Waals surface area (Å²) in [6.45, 7) is 8.60. The van der Waals surface area contributed by atoms with E-state index in [0.29, 0.717) is 13.1 Å². The molecule has 0 heterocycles. The second kappa shape index (κ2) is 10.0. The molecule has 0 aliphatic heterocycles. The minimum Gasteiger partial charge on any atom is -0.357 e. The molecule has 0 aromatic rings. The van der Waals surface area contributed by atoms with Gasteiger partial charge in [-0.15, -0.1) is 0 Å². The van der Waals surface area contributed by atoms with Crippen LogP contribution in [0.4, 0.5) is 0 Å². The van der Waals surface area contributed by atoms with E-state index in [1.54, 1.807) is 14.0 Å². The van der Waals surface area contributed by atoms with Gasteiger partial charge in [0.15, 0.2) is 5.96 Å². The van der Waals surface area contributed by atoms with E-state index in [4.69, 9.17) is 0 Å². The Morgan fingerprint density at radius 3 is 2.42 bits per heavy atom. The molecular weight excluding hydrogens is 264 g/mol. The van der Waals surface area contributed by atoms with Crippen LogP contribution in [0.15, 0.2) is 4.99 Å². The van der Waals surface area contributed by atoms with Crippen molar-refractivity contribution in [2.24, 2.45) is 4.99 Å². The quantitative estimate of drug-likeness (QED) is 0.371. The standard InChI is InChI=1S/C12H28N4O2S/c1-5-9-14-12(13-6-2)15-10-8-11-16(4)19(17,18)7-3/h5-11H2,1-4H3,(H2,13,14,15). The van der Waals surface area contributed by atoms with E-state index in [0.717, 1.165) is 31.9 Å². The predicted molar refractivity (Wildman–Crippen MR) is 81.0 cm³/mol. The highest BCUT2D eigenvalue weighted by molar-refractivity contribution is 7.89. The van der Waals surface area contributed by atoms with Crippen LogP contribution in [0, 0.1) is 0 Å². The van der Waals surface area contributed by atoms with E-state index in [1.807, 2.05) is 6.92 Å². The smallest absolute Gasteiger partial charge is 0.213 e. The minimum atomic E-state index is -3.06. The van der Waals surface area contributed by atoms with Crippen LogP contribution in [-0.4, -0.2) is 57.7 Å². The van der Waals surface area contributed by atoms with Gasteiger partial charge in [0.25, 0.3) is 0 Å². The zero-order valence-corrected chi connectivity index (χ0v) is 13.4. The van der Waals surface area contributed by atoms with Crippen LogP contribution < -0.4 is 10.6 Å². The molecule has 114 valence electrons. The van der Waals surface area contributed by atoms with Crippen LogP contribution in [0.5, 0.6) is 0 Å². The third-order valence-corrected chi connectivity index (χ3v) is 4.48. The van der Waals surface area contributed by atoms with E-state index < -0.39 is 10.0 Å². The molecule has 6 nitrogen and oxygen atoms in total. The summed E-state index contributed by atoms with van der Waals surface area (Å²) in [6.07, 6.45) is 1.76. The molecule has 0 spiro atoms. The summed E-state index contributed by atoms with van der Waals surface area (Å²) in [5.41, 5.74) is 0. The van der Waals surface area contributed by atoms with Crippen molar-refractivity contribution in [3.8, 4) is 0 Å². The summed E-state index contributed by atoms with van der Waals surface area (Å²) < 4.78 is 24.5. The Morgan fingerprint density at radius 1 is 1.21 bits per heavy atom. The molecule has 19 heavy (non-hydrogen) atoms. The third-order valence-electron chi connectivity index (χ3n) is 2.62. The second-order valence-electron chi connectivity index (χ2n) is 4.26. The summed E-state index contributed by atoms with van der Waals surface area (Å²) in [5.74, 6) is 0.947. The Balaban J connectivity index is 4.01. The van der Waals surface area contributed by atoms with Gasteiger partial charge < -0.3 is 10.6 Å². The summed E-state index contributed by atoms with van der Waals surface area (Å²) in [5, 5.41) is 6.35. The molecule has 2 N–H and O–H groups in total. The number of sulfonamides is 1. The molecule has 0 fully saturated rings. The van der Waals surface area contributed by atoms with Crippen molar-refractivity contribution in [2.45, 2.75) is 33.6 Å². The van der Waals surface area contributed by atoms with Crippen molar-refractivity contribution < 1.29 is 8.42 Å². The molecule has 0 saturated carbocycles. The molecule has 0 saturated heterocycles. The molecule has 0 atom stereocenters. The summed E-state index contributed by atoms with van der Waals surface area (Å²) in [6, 6.07) is 0. The van der Waals surface area contributed by atoms with Crippen LogP contribution in [0.3, 0.4) is 0 Å². The fraction of sp³-hybridized carbons (Fsp3) is 0.917. The van der Waals surface area contributed by atoms with Crippen molar-refractivity contribution in [1.29, 1.82) is 0 Å². The van der Waals surface area contributed by atoms with Crippen LogP contribution in [0.2, 0.25) is 0 Å². The number of rotatable bonds is 9. The molecule has 7 heteroatoms. The molecule has 0 unspecified atom stereocenters. The highest BCUT2D eigenvalue weighted by Gasteiger charge is 2.13. The monoisotopic (exact) mass is 292 g/mol. The van der Waals surface area contributed by atoms with Crippen LogP contribution in [0.1, 0.15) is 33.6 Å². The molecule has 0 aliphatic carbocycles. The van der Waals surface area contributed by atoms with Gasteiger partial charge in [0.1, 0.15) is 0 Å². The molecule has 0 bridgehead atoms. The first-order valence-electron chi connectivity index (χ1n) is 6.94. The SMILES string of the molecule is CCCN=C(NCC)NCCCN(C)S(=O)(=O)CC. The summed E-state index contributed by atoms with van der Waals surface area (Å²) in [7, 11) is -1.44. The number of nitrogens with one attached hydrogen (secondary N) is 2. The summed E-state index contributed by atoms with van der Waals surface area (Å²) >= 11 is 0.